The number of anilines is 2. The second-order valence-corrected chi connectivity index (χ2v) is 6.23. The lowest BCUT2D eigenvalue weighted by atomic mass is 10.0. The number of carbonyl (C=O) groups is 1. The summed E-state index contributed by atoms with van der Waals surface area (Å²) in [4.78, 5) is 25.1. The Kier molecular flexibility index (Phi) is 4.12. The van der Waals surface area contributed by atoms with E-state index >= 15 is 0 Å². The summed E-state index contributed by atoms with van der Waals surface area (Å²) in [6.07, 6.45) is 8.81. The van der Waals surface area contributed by atoms with Crippen LogP contribution in [0.3, 0.4) is 0 Å². The van der Waals surface area contributed by atoms with Gasteiger partial charge in [0.1, 0.15) is 17.4 Å². The van der Waals surface area contributed by atoms with E-state index in [4.69, 9.17) is 4.74 Å². The Balaban J connectivity index is 1.87. The highest BCUT2D eigenvalue weighted by Crippen LogP contribution is 2.37. The number of hydrogen-bond acceptors (Lipinski definition) is 6. The number of carbonyl (C=O) groups excluding carboxylic acids is 1. The van der Waals surface area contributed by atoms with Crippen LogP contribution in [0.25, 0.3) is 21.9 Å². The maximum Gasteiger partial charge on any atom is 0.228 e. The fourth-order valence-corrected chi connectivity index (χ4v) is 2.96. The number of methoxy groups -OCH3 is 1. The average Bonchev–Trinajstić information content (AvgIpc) is 3.52. The molecule has 1 amide bonds. The number of ether oxygens (including phenoxy) is 1. The standard InChI is InChI=1S/C19H19N5O2/c1-20-18-15-9-22-17(24-19(25)11-3-4-11)7-13(15)14(8-23-18)12-5-6-21-10-16(12)26-2/h5-11H,3-4H2,1-2H3,(H,20,23)(H,22,24,25). The van der Waals surface area contributed by atoms with E-state index in [-0.39, 0.29) is 11.8 Å². The number of hydrogen-bond donors (Lipinski definition) is 2. The molecule has 0 spiro atoms. The summed E-state index contributed by atoms with van der Waals surface area (Å²) in [5.41, 5.74) is 1.77. The Bertz CT molecular complexity index is 985. The maximum atomic E-state index is 12.1. The van der Waals surface area contributed by atoms with Gasteiger partial charge in [0.15, 0.2) is 0 Å². The van der Waals surface area contributed by atoms with Crippen LogP contribution < -0.4 is 15.4 Å². The van der Waals surface area contributed by atoms with Gasteiger partial charge in [-0.3, -0.25) is 9.78 Å². The van der Waals surface area contributed by atoms with Crippen LogP contribution in [0.2, 0.25) is 0 Å². The average molecular weight is 349 g/mol. The molecule has 1 aliphatic carbocycles. The Labute approximate surface area is 150 Å². The van der Waals surface area contributed by atoms with Crippen molar-refractivity contribution in [2.75, 3.05) is 24.8 Å². The molecule has 2 N–H and O–H groups in total. The first-order valence-corrected chi connectivity index (χ1v) is 8.47. The van der Waals surface area contributed by atoms with E-state index in [2.05, 4.69) is 25.6 Å². The molecule has 3 heterocycles. The summed E-state index contributed by atoms with van der Waals surface area (Å²) >= 11 is 0. The summed E-state index contributed by atoms with van der Waals surface area (Å²) in [5.74, 6) is 2.08. The van der Waals surface area contributed by atoms with Gasteiger partial charge >= 0.3 is 0 Å². The third-order valence-electron chi connectivity index (χ3n) is 4.50. The van der Waals surface area contributed by atoms with Crippen molar-refractivity contribution in [1.82, 2.24) is 15.0 Å². The van der Waals surface area contributed by atoms with Crippen molar-refractivity contribution < 1.29 is 9.53 Å². The quantitative estimate of drug-likeness (QED) is 0.736. The highest BCUT2D eigenvalue weighted by Gasteiger charge is 2.29. The molecule has 0 aliphatic heterocycles. The normalized spacial score (nSPS) is 13.5. The Hall–Kier alpha value is -3.22. The summed E-state index contributed by atoms with van der Waals surface area (Å²) < 4.78 is 5.45. The van der Waals surface area contributed by atoms with Crippen LogP contribution in [-0.4, -0.2) is 35.0 Å². The van der Waals surface area contributed by atoms with Gasteiger partial charge < -0.3 is 15.4 Å². The van der Waals surface area contributed by atoms with Crippen LogP contribution in [-0.2, 0) is 4.79 Å². The summed E-state index contributed by atoms with van der Waals surface area (Å²) in [5, 5.41) is 7.78. The summed E-state index contributed by atoms with van der Waals surface area (Å²) in [7, 11) is 3.43. The second-order valence-electron chi connectivity index (χ2n) is 6.23. The van der Waals surface area contributed by atoms with Crippen LogP contribution in [0.1, 0.15) is 12.8 Å². The molecule has 7 heteroatoms. The number of aromatic nitrogens is 3. The molecule has 3 aromatic rings. The predicted molar refractivity (Wildman–Crippen MR) is 100 cm³/mol. The van der Waals surface area contributed by atoms with E-state index in [1.165, 1.54) is 0 Å². The first kappa shape index (κ1) is 16.3. The first-order valence-electron chi connectivity index (χ1n) is 8.47. The molecule has 0 saturated heterocycles. The molecule has 0 atom stereocenters. The third-order valence-corrected chi connectivity index (χ3v) is 4.50. The number of pyridine rings is 3. The smallest absolute Gasteiger partial charge is 0.228 e. The fraction of sp³-hybridized carbons (Fsp3) is 0.263. The van der Waals surface area contributed by atoms with Crippen LogP contribution >= 0.6 is 0 Å². The SMILES string of the molecule is CNc1ncc(-c2ccncc2OC)c2cc(NC(=O)C3CC3)ncc12. The molecule has 4 rings (SSSR count). The van der Waals surface area contributed by atoms with Gasteiger partial charge in [-0.2, -0.15) is 0 Å². The summed E-state index contributed by atoms with van der Waals surface area (Å²) in [6, 6.07) is 3.77. The molecule has 7 nitrogen and oxygen atoms in total. The van der Waals surface area contributed by atoms with Gasteiger partial charge in [-0.25, -0.2) is 9.97 Å². The number of nitrogens with one attached hydrogen (secondary N) is 2. The van der Waals surface area contributed by atoms with E-state index in [0.717, 1.165) is 40.6 Å². The Morgan fingerprint density at radius 3 is 2.73 bits per heavy atom. The Morgan fingerprint density at radius 2 is 2.00 bits per heavy atom. The monoisotopic (exact) mass is 349 g/mol. The largest absolute Gasteiger partial charge is 0.494 e. The second kappa shape index (κ2) is 6.59. The zero-order valence-corrected chi connectivity index (χ0v) is 14.6. The van der Waals surface area contributed by atoms with Gasteiger partial charge in [0.25, 0.3) is 0 Å². The highest BCUT2D eigenvalue weighted by molar-refractivity contribution is 6.04. The molecule has 1 aliphatic rings. The maximum absolute atomic E-state index is 12.1. The highest BCUT2D eigenvalue weighted by atomic mass is 16.5. The van der Waals surface area contributed by atoms with Crippen LogP contribution in [0.5, 0.6) is 5.75 Å². The van der Waals surface area contributed by atoms with Crippen molar-refractivity contribution in [2.24, 2.45) is 5.92 Å². The van der Waals surface area contributed by atoms with E-state index in [1.807, 2.05) is 19.2 Å². The molecular formula is C19H19N5O2. The van der Waals surface area contributed by atoms with Gasteiger partial charge in [-0.15, -0.1) is 0 Å². The van der Waals surface area contributed by atoms with E-state index < -0.39 is 0 Å². The lowest BCUT2D eigenvalue weighted by molar-refractivity contribution is -0.117. The molecule has 3 aromatic heterocycles. The lowest BCUT2D eigenvalue weighted by Crippen LogP contribution is -2.14. The van der Waals surface area contributed by atoms with E-state index in [0.29, 0.717) is 11.6 Å². The number of fused-ring (bicyclic) bond motifs is 1. The minimum Gasteiger partial charge on any atom is -0.494 e. The van der Waals surface area contributed by atoms with Crippen molar-refractivity contribution in [3.8, 4) is 16.9 Å². The van der Waals surface area contributed by atoms with E-state index in [9.17, 15) is 4.79 Å². The molecule has 132 valence electrons. The predicted octanol–water partition coefficient (Wildman–Crippen LogP) is 3.09. The topological polar surface area (TPSA) is 89.0 Å². The minimum atomic E-state index is 0.0304. The molecule has 0 unspecified atom stereocenters. The first-order chi connectivity index (χ1) is 12.7. The van der Waals surface area contributed by atoms with Crippen molar-refractivity contribution in [3.63, 3.8) is 0 Å². The van der Waals surface area contributed by atoms with Crippen LogP contribution in [0.15, 0.2) is 36.9 Å². The van der Waals surface area contributed by atoms with Gasteiger partial charge in [-0.1, -0.05) is 0 Å². The zero-order valence-electron chi connectivity index (χ0n) is 14.6. The zero-order chi connectivity index (χ0) is 18.1. The van der Waals surface area contributed by atoms with Crippen molar-refractivity contribution in [1.29, 1.82) is 0 Å². The van der Waals surface area contributed by atoms with Gasteiger partial charge in [0, 0.05) is 53.5 Å². The van der Waals surface area contributed by atoms with Gasteiger partial charge in [-0.05, 0) is 25.0 Å². The van der Waals surface area contributed by atoms with Gasteiger partial charge in [0.05, 0.1) is 13.3 Å². The molecular weight excluding hydrogens is 330 g/mol. The third kappa shape index (κ3) is 2.92. The number of rotatable bonds is 5. The number of amides is 1. The van der Waals surface area contributed by atoms with Crippen molar-refractivity contribution >= 4 is 28.3 Å². The van der Waals surface area contributed by atoms with Gasteiger partial charge in [0.2, 0.25) is 5.91 Å². The molecule has 1 saturated carbocycles. The minimum absolute atomic E-state index is 0.0304. The van der Waals surface area contributed by atoms with Crippen molar-refractivity contribution in [2.45, 2.75) is 12.8 Å². The molecule has 0 bridgehead atoms. The van der Waals surface area contributed by atoms with E-state index in [1.54, 1.807) is 31.9 Å². The van der Waals surface area contributed by atoms with Crippen molar-refractivity contribution in [3.05, 3.63) is 36.9 Å². The molecule has 26 heavy (non-hydrogen) atoms. The van der Waals surface area contributed by atoms with Crippen LogP contribution in [0.4, 0.5) is 11.6 Å². The molecule has 1 fully saturated rings. The fourth-order valence-electron chi connectivity index (χ4n) is 2.96. The number of nitrogens with zero attached hydrogens (tertiary/aromatic N) is 3. The molecule has 0 aromatic carbocycles. The lowest BCUT2D eigenvalue weighted by Gasteiger charge is -2.13. The Morgan fingerprint density at radius 1 is 1.15 bits per heavy atom. The molecule has 0 radical (unpaired) electrons. The summed E-state index contributed by atoms with van der Waals surface area (Å²) in [6.45, 7) is 0. The van der Waals surface area contributed by atoms with Crippen LogP contribution in [0, 0.1) is 5.92 Å².